The van der Waals surface area contributed by atoms with Crippen molar-refractivity contribution < 1.29 is 22.7 Å². The van der Waals surface area contributed by atoms with Crippen molar-refractivity contribution in [1.29, 1.82) is 0 Å². The van der Waals surface area contributed by atoms with Gasteiger partial charge in [-0.2, -0.15) is 4.98 Å². The molecule has 0 spiro atoms. The van der Waals surface area contributed by atoms with Crippen LogP contribution in [-0.2, 0) is 11.3 Å². The number of carbonyl (C=O) groups is 1. The van der Waals surface area contributed by atoms with Crippen LogP contribution in [0.1, 0.15) is 30.9 Å². The zero-order valence-electron chi connectivity index (χ0n) is 20.5. The number of likely N-dealkylation sites (tertiary alicyclic amines) is 1. The number of halogens is 3. The van der Waals surface area contributed by atoms with Gasteiger partial charge in [0.15, 0.2) is 0 Å². The molecule has 2 heterocycles. The Labute approximate surface area is 212 Å². The van der Waals surface area contributed by atoms with E-state index in [1.54, 1.807) is 12.1 Å². The Morgan fingerprint density at radius 2 is 1.73 bits per heavy atom. The number of rotatable bonds is 8. The van der Waals surface area contributed by atoms with Crippen molar-refractivity contribution in [2.45, 2.75) is 45.6 Å². The van der Waals surface area contributed by atoms with Crippen LogP contribution >= 0.6 is 0 Å². The lowest BCUT2D eigenvalue weighted by atomic mass is 10.0. The summed E-state index contributed by atoms with van der Waals surface area (Å²) in [7, 11) is 0. The number of nitrogens with zero attached hydrogens (tertiary/aromatic N) is 4. The van der Waals surface area contributed by atoms with Crippen molar-refractivity contribution in [3.8, 4) is 5.75 Å². The smallest absolute Gasteiger partial charge is 0.406 e. The second-order valence-electron chi connectivity index (χ2n) is 8.80. The van der Waals surface area contributed by atoms with E-state index in [0.717, 1.165) is 42.7 Å². The van der Waals surface area contributed by atoms with E-state index in [4.69, 9.17) is 0 Å². The zero-order valence-corrected chi connectivity index (χ0v) is 20.5. The number of amides is 1. The van der Waals surface area contributed by atoms with Crippen LogP contribution in [-0.4, -0.2) is 51.3 Å². The van der Waals surface area contributed by atoms with Crippen molar-refractivity contribution in [1.82, 2.24) is 19.9 Å². The van der Waals surface area contributed by atoms with Gasteiger partial charge in [0.25, 0.3) is 0 Å². The number of anilines is 4. The van der Waals surface area contributed by atoms with E-state index < -0.39 is 6.36 Å². The summed E-state index contributed by atoms with van der Waals surface area (Å²) in [5.41, 5.74) is 3.27. The topological polar surface area (TPSA) is 104 Å². The average Bonchev–Trinajstić information content (AvgIpc) is 2.83. The highest BCUT2D eigenvalue weighted by atomic mass is 19.4. The Bertz CT molecular complexity index is 1210. The summed E-state index contributed by atoms with van der Waals surface area (Å²) < 4.78 is 40.9. The molecule has 1 aliphatic rings. The lowest BCUT2D eigenvalue weighted by Gasteiger charge is -2.32. The van der Waals surface area contributed by atoms with E-state index >= 15 is 0 Å². The van der Waals surface area contributed by atoms with Crippen LogP contribution in [0.4, 0.5) is 36.4 Å². The van der Waals surface area contributed by atoms with E-state index in [9.17, 15) is 18.0 Å². The Hall–Kier alpha value is -3.93. The van der Waals surface area contributed by atoms with E-state index in [2.05, 4.69) is 40.5 Å². The summed E-state index contributed by atoms with van der Waals surface area (Å²) in [4.78, 5) is 26.6. The minimum absolute atomic E-state index is 0.147. The minimum atomic E-state index is -4.69. The van der Waals surface area contributed by atoms with Crippen molar-refractivity contribution in [2.24, 2.45) is 0 Å². The summed E-state index contributed by atoms with van der Waals surface area (Å²) in [6.07, 6.45) is -1.53. The molecule has 0 unspecified atom stereocenters. The number of piperidine rings is 1. The maximum atomic E-state index is 12.3. The second kappa shape index (κ2) is 11.4. The number of carbonyl (C=O) groups excluding carboxylic acids is 1. The first-order valence-electron chi connectivity index (χ1n) is 11.8. The molecule has 37 heavy (non-hydrogen) atoms. The second-order valence-corrected chi connectivity index (χ2v) is 8.80. The third kappa shape index (κ3) is 7.78. The summed E-state index contributed by atoms with van der Waals surface area (Å²) in [6, 6.07) is 11.7. The van der Waals surface area contributed by atoms with Gasteiger partial charge in [0.05, 0.1) is 0 Å². The van der Waals surface area contributed by atoms with Crippen LogP contribution in [0.25, 0.3) is 0 Å². The molecule has 1 aliphatic heterocycles. The van der Waals surface area contributed by atoms with Crippen molar-refractivity contribution >= 4 is 29.2 Å². The Kier molecular flexibility index (Phi) is 8.07. The predicted molar refractivity (Wildman–Crippen MR) is 134 cm³/mol. The van der Waals surface area contributed by atoms with Gasteiger partial charge in [0.2, 0.25) is 17.8 Å². The molecule has 196 valence electrons. The molecule has 0 bridgehead atoms. The van der Waals surface area contributed by atoms with Crippen LogP contribution in [0, 0.1) is 6.92 Å². The first kappa shape index (κ1) is 26.1. The molecule has 0 saturated carbocycles. The minimum Gasteiger partial charge on any atom is -0.406 e. The molecule has 1 aromatic heterocycles. The van der Waals surface area contributed by atoms with Crippen LogP contribution in [0.5, 0.6) is 5.75 Å². The Morgan fingerprint density at radius 3 is 2.41 bits per heavy atom. The summed E-state index contributed by atoms with van der Waals surface area (Å²) in [5.74, 6) is 0.482. The summed E-state index contributed by atoms with van der Waals surface area (Å²) in [6.45, 7) is 5.65. The molecule has 3 N–H and O–H groups in total. The molecule has 12 heteroatoms. The highest BCUT2D eigenvalue weighted by Crippen LogP contribution is 2.26. The summed E-state index contributed by atoms with van der Waals surface area (Å²) in [5, 5.41) is 9.34. The van der Waals surface area contributed by atoms with E-state index in [1.807, 2.05) is 25.1 Å². The first-order valence-corrected chi connectivity index (χ1v) is 11.8. The van der Waals surface area contributed by atoms with Crippen molar-refractivity contribution in [3.05, 3.63) is 59.9 Å². The lowest BCUT2D eigenvalue weighted by Crippen LogP contribution is -2.39. The monoisotopic (exact) mass is 515 g/mol. The summed E-state index contributed by atoms with van der Waals surface area (Å²) >= 11 is 0. The van der Waals surface area contributed by atoms with Crippen molar-refractivity contribution in [2.75, 3.05) is 29.0 Å². The molecule has 9 nitrogen and oxygen atoms in total. The Morgan fingerprint density at radius 1 is 1.05 bits per heavy atom. The van der Waals surface area contributed by atoms with Gasteiger partial charge in [-0.05, 0) is 55.2 Å². The van der Waals surface area contributed by atoms with E-state index in [0.29, 0.717) is 24.1 Å². The molecule has 3 aromatic rings. The quantitative estimate of drug-likeness (QED) is 0.391. The largest absolute Gasteiger partial charge is 0.573 e. The van der Waals surface area contributed by atoms with Gasteiger partial charge in [-0.25, -0.2) is 9.97 Å². The van der Waals surface area contributed by atoms with Gasteiger partial charge in [0.1, 0.15) is 12.1 Å². The fourth-order valence-electron chi connectivity index (χ4n) is 4.12. The number of hydrogen-bond donors (Lipinski definition) is 3. The predicted octanol–water partition coefficient (Wildman–Crippen LogP) is 4.86. The fraction of sp³-hybridized carbons (Fsp3) is 0.360. The molecule has 2 aromatic carbocycles. The standard InChI is InChI=1S/C25H28F3N7O2/c1-16-21(31-17(2)36)4-3-5-22(16)33-24-30-15-29-23(34-24)32-19-10-12-35(13-11-19)14-18-6-8-20(9-7-18)37-25(26,27)28/h3-9,15,19H,10-14H2,1-2H3,(H,31,36)(H2,29,30,32,33,34). The number of aromatic nitrogens is 3. The van der Waals surface area contributed by atoms with E-state index in [-0.39, 0.29) is 17.7 Å². The third-order valence-electron chi connectivity index (χ3n) is 5.95. The molecule has 1 fully saturated rings. The maximum absolute atomic E-state index is 12.3. The van der Waals surface area contributed by atoms with Crippen LogP contribution < -0.4 is 20.7 Å². The first-order chi connectivity index (χ1) is 17.6. The number of nitrogens with one attached hydrogen (secondary N) is 3. The van der Waals surface area contributed by atoms with Crippen LogP contribution in [0.2, 0.25) is 0 Å². The number of alkyl halides is 3. The molecular weight excluding hydrogens is 487 g/mol. The SMILES string of the molecule is CC(=O)Nc1cccc(Nc2ncnc(NC3CCN(Cc4ccc(OC(F)(F)F)cc4)CC3)n2)c1C. The van der Waals surface area contributed by atoms with Gasteiger partial charge in [-0.1, -0.05) is 18.2 Å². The van der Waals surface area contributed by atoms with Gasteiger partial charge >= 0.3 is 6.36 Å². The van der Waals surface area contributed by atoms with Crippen LogP contribution in [0.15, 0.2) is 48.8 Å². The third-order valence-corrected chi connectivity index (χ3v) is 5.95. The molecule has 0 aliphatic carbocycles. The molecule has 4 rings (SSSR count). The number of ether oxygens (including phenoxy) is 1. The molecular formula is C25H28F3N7O2. The highest BCUT2D eigenvalue weighted by Gasteiger charge is 2.31. The lowest BCUT2D eigenvalue weighted by molar-refractivity contribution is -0.274. The fourth-order valence-corrected chi connectivity index (χ4v) is 4.12. The van der Waals surface area contributed by atoms with E-state index in [1.165, 1.54) is 25.4 Å². The maximum Gasteiger partial charge on any atom is 0.573 e. The number of hydrogen-bond acceptors (Lipinski definition) is 8. The van der Waals surface area contributed by atoms with Gasteiger partial charge < -0.3 is 20.7 Å². The molecule has 0 atom stereocenters. The zero-order chi connectivity index (χ0) is 26.4. The van der Waals surface area contributed by atoms with Gasteiger partial charge in [0, 0.05) is 44.0 Å². The molecule has 1 amide bonds. The van der Waals surface area contributed by atoms with Gasteiger partial charge in [-0.15, -0.1) is 13.2 Å². The average molecular weight is 516 g/mol. The Balaban J connectivity index is 1.28. The number of benzene rings is 2. The van der Waals surface area contributed by atoms with Crippen LogP contribution in [0.3, 0.4) is 0 Å². The normalized spacial score (nSPS) is 14.7. The van der Waals surface area contributed by atoms with Crippen molar-refractivity contribution in [3.63, 3.8) is 0 Å². The molecule has 0 radical (unpaired) electrons. The molecule has 1 saturated heterocycles. The van der Waals surface area contributed by atoms with Gasteiger partial charge in [-0.3, -0.25) is 9.69 Å². The highest BCUT2D eigenvalue weighted by molar-refractivity contribution is 5.90.